The number of likely N-dealkylation sites (N-methyl/N-ethyl adjacent to an activating group) is 1. The largest absolute Gasteiger partial charge is 0.466 e. The van der Waals surface area contributed by atoms with Crippen molar-refractivity contribution in [1.82, 2.24) is 4.90 Å². The lowest BCUT2D eigenvalue weighted by Gasteiger charge is -2.22. The van der Waals surface area contributed by atoms with Gasteiger partial charge in [-0.05, 0) is 20.4 Å². The summed E-state index contributed by atoms with van der Waals surface area (Å²) in [6.45, 7) is 9.47. The van der Waals surface area contributed by atoms with Crippen molar-refractivity contribution in [2.75, 3.05) is 32.8 Å². The van der Waals surface area contributed by atoms with Gasteiger partial charge in [0, 0.05) is 6.54 Å². The van der Waals surface area contributed by atoms with E-state index in [1.54, 1.807) is 20.8 Å². The first kappa shape index (κ1) is 15.9. The van der Waals surface area contributed by atoms with E-state index in [9.17, 15) is 9.59 Å². The highest BCUT2D eigenvalue weighted by Gasteiger charge is 2.19. The molecule has 1 atom stereocenters. The Labute approximate surface area is 103 Å². The van der Waals surface area contributed by atoms with E-state index in [2.05, 4.69) is 0 Å². The summed E-state index contributed by atoms with van der Waals surface area (Å²) in [6, 6.07) is 0. The van der Waals surface area contributed by atoms with Crippen LogP contribution in [0.1, 0.15) is 27.7 Å². The van der Waals surface area contributed by atoms with Gasteiger partial charge in [-0.3, -0.25) is 14.5 Å². The lowest BCUT2D eigenvalue weighted by Crippen LogP contribution is -2.36. The van der Waals surface area contributed by atoms with Crippen molar-refractivity contribution >= 4 is 11.9 Å². The average molecular weight is 245 g/mol. The molecule has 0 radical (unpaired) electrons. The summed E-state index contributed by atoms with van der Waals surface area (Å²) in [7, 11) is 0. The zero-order valence-corrected chi connectivity index (χ0v) is 11.2. The molecule has 0 aromatic heterocycles. The van der Waals surface area contributed by atoms with Gasteiger partial charge < -0.3 is 9.47 Å². The van der Waals surface area contributed by atoms with Gasteiger partial charge in [0.15, 0.2) is 0 Å². The van der Waals surface area contributed by atoms with Gasteiger partial charge in [0.25, 0.3) is 0 Å². The maximum atomic E-state index is 11.4. The molecule has 0 aliphatic rings. The highest BCUT2D eigenvalue weighted by atomic mass is 16.5. The van der Waals surface area contributed by atoms with Crippen molar-refractivity contribution in [2.45, 2.75) is 27.7 Å². The monoisotopic (exact) mass is 245 g/mol. The van der Waals surface area contributed by atoms with Gasteiger partial charge in [-0.25, -0.2) is 0 Å². The van der Waals surface area contributed by atoms with Crippen molar-refractivity contribution in [1.29, 1.82) is 0 Å². The van der Waals surface area contributed by atoms with Crippen LogP contribution in [0, 0.1) is 5.92 Å². The summed E-state index contributed by atoms with van der Waals surface area (Å²) < 4.78 is 9.79. The molecule has 5 nitrogen and oxygen atoms in total. The summed E-state index contributed by atoms with van der Waals surface area (Å²) in [6.07, 6.45) is 0. The van der Waals surface area contributed by atoms with E-state index >= 15 is 0 Å². The Bertz CT molecular complexity index is 243. The molecule has 0 N–H and O–H groups in total. The van der Waals surface area contributed by atoms with Gasteiger partial charge in [0.05, 0.1) is 25.7 Å². The number of carbonyl (C=O) groups is 2. The number of rotatable bonds is 8. The molecule has 0 heterocycles. The number of ether oxygens (including phenoxy) is 2. The second kappa shape index (κ2) is 8.98. The number of nitrogens with zero attached hydrogens (tertiary/aromatic N) is 1. The van der Waals surface area contributed by atoms with E-state index in [0.717, 1.165) is 0 Å². The van der Waals surface area contributed by atoms with Crippen molar-refractivity contribution in [2.24, 2.45) is 5.92 Å². The normalized spacial score (nSPS) is 12.3. The zero-order chi connectivity index (χ0) is 13.3. The van der Waals surface area contributed by atoms with E-state index in [4.69, 9.17) is 9.47 Å². The fraction of sp³-hybridized carbons (Fsp3) is 0.833. The lowest BCUT2D eigenvalue weighted by atomic mass is 10.1. The molecule has 0 bridgehead atoms. The van der Waals surface area contributed by atoms with Crippen LogP contribution < -0.4 is 0 Å². The molecule has 100 valence electrons. The minimum absolute atomic E-state index is 0.216. The maximum Gasteiger partial charge on any atom is 0.320 e. The first-order chi connectivity index (χ1) is 8.04. The molecular formula is C12H23NO4. The Morgan fingerprint density at radius 1 is 1.12 bits per heavy atom. The third kappa shape index (κ3) is 6.94. The van der Waals surface area contributed by atoms with Crippen molar-refractivity contribution in [3.8, 4) is 0 Å². The second-order valence-corrected chi connectivity index (χ2v) is 3.79. The third-order valence-electron chi connectivity index (χ3n) is 2.33. The van der Waals surface area contributed by atoms with Crippen LogP contribution >= 0.6 is 0 Å². The van der Waals surface area contributed by atoms with E-state index in [0.29, 0.717) is 26.3 Å². The molecule has 0 aromatic rings. The third-order valence-corrected chi connectivity index (χ3v) is 2.33. The Morgan fingerprint density at radius 3 is 2.18 bits per heavy atom. The zero-order valence-electron chi connectivity index (χ0n) is 11.2. The predicted octanol–water partition coefficient (Wildman–Crippen LogP) is 1.07. The fourth-order valence-corrected chi connectivity index (χ4v) is 1.44. The highest BCUT2D eigenvalue weighted by Crippen LogP contribution is 2.03. The van der Waals surface area contributed by atoms with Crippen LogP contribution in [0.3, 0.4) is 0 Å². The molecule has 0 saturated carbocycles. The first-order valence-corrected chi connectivity index (χ1v) is 6.09. The smallest absolute Gasteiger partial charge is 0.320 e. The lowest BCUT2D eigenvalue weighted by molar-refractivity contribution is -0.150. The quantitative estimate of drug-likeness (QED) is 0.599. The molecule has 0 amide bonds. The molecule has 1 unspecified atom stereocenters. The molecule has 17 heavy (non-hydrogen) atoms. The Balaban J connectivity index is 4.11. The Hall–Kier alpha value is -1.10. The minimum atomic E-state index is -0.259. The van der Waals surface area contributed by atoms with Gasteiger partial charge in [-0.2, -0.15) is 0 Å². The van der Waals surface area contributed by atoms with Gasteiger partial charge in [0.2, 0.25) is 0 Å². The average Bonchev–Trinajstić information content (AvgIpc) is 2.28. The van der Waals surface area contributed by atoms with Gasteiger partial charge >= 0.3 is 11.9 Å². The molecule has 0 fully saturated rings. The van der Waals surface area contributed by atoms with Crippen LogP contribution in [0.15, 0.2) is 0 Å². The maximum absolute atomic E-state index is 11.4. The molecule has 0 aliphatic heterocycles. The van der Waals surface area contributed by atoms with Crippen LogP contribution in [-0.2, 0) is 19.1 Å². The SMILES string of the molecule is CCOC(=O)CN(CC)CC(C)C(=O)OCC. The first-order valence-electron chi connectivity index (χ1n) is 6.09. The molecule has 5 heteroatoms. The summed E-state index contributed by atoms with van der Waals surface area (Å²) in [5.74, 6) is -0.718. The summed E-state index contributed by atoms with van der Waals surface area (Å²) in [5, 5.41) is 0. The summed E-state index contributed by atoms with van der Waals surface area (Å²) >= 11 is 0. The Morgan fingerprint density at radius 2 is 1.71 bits per heavy atom. The van der Waals surface area contributed by atoms with Gasteiger partial charge in [-0.1, -0.05) is 13.8 Å². The molecule has 0 saturated heterocycles. The van der Waals surface area contributed by atoms with Crippen LogP contribution in [0.5, 0.6) is 0 Å². The Kier molecular flexibility index (Phi) is 8.40. The van der Waals surface area contributed by atoms with E-state index in [1.165, 1.54) is 0 Å². The predicted molar refractivity (Wildman–Crippen MR) is 64.5 cm³/mol. The van der Waals surface area contributed by atoms with E-state index in [-0.39, 0.29) is 24.4 Å². The fourth-order valence-electron chi connectivity index (χ4n) is 1.44. The van der Waals surface area contributed by atoms with Crippen molar-refractivity contribution in [3.63, 3.8) is 0 Å². The van der Waals surface area contributed by atoms with Crippen molar-refractivity contribution in [3.05, 3.63) is 0 Å². The van der Waals surface area contributed by atoms with Crippen LogP contribution in [0.2, 0.25) is 0 Å². The van der Waals surface area contributed by atoms with E-state index < -0.39 is 0 Å². The molecule has 0 aromatic carbocycles. The number of esters is 2. The number of carbonyl (C=O) groups excluding carboxylic acids is 2. The second-order valence-electron chi connectivity index (χ2n) is 3.79. The molecule has 0 rings (SSSR count). The standard InChI is InChI=1S/C12H23NO4/c1-5-13(9-11(14)16-6-2)8-10(4)12(15)17-7-3/h10H,5-9H2,1-4H3. The highest BCUT2D eigenvalue weighted by molar-refractivity contribution is 5.73. The van der Waals surface area contributed by atoms with Crippen LogP contribution in [0.4, 0.5) is 0 Å². The van der Waals surface area contributed by atoms with Crippen LogP contribution in [-0.4, -0.2) is 49.7 Å². The van der Waals surface area contributed by atoms with Crippen molar-refractivity contribution < 1.29 is 19.1 Å². The van der Waals surface area contributed by atoms with E-state index in [1.807, 2.05) is 11.8 Å². The van der Waals surface area contributed by atoms with Gasteiger partial charge in [0.1, 0.15) is 0 Å². The minimum Gasteiger partial charge on any atom is -0.466 e. The molecular weight excluding hydrogens is 222 g/mol. The number of hydrogen-bond acceptors (Lipinski definition) is 5. The van der Waals surface area contributed by atoms with Crippen LogP contribution in [0.25, 0.3) is 0 Å². The summed E-state index contributed by atoms with van der Waals surface area (Å²) in [4.78, 5) is 24.6. The molecule has 0 spiro atoms. The summed E-state index contributed by atoms with van der Waals surface area (Å²) in [5.41, 5.74) is 0. The topological polar surface area (TPSA) is 55.8 Å². The number of hydrogen-bond donors (Lipinski definition) is 0. The molecule has 0 aliphatic carbocycles. The van der Waals surface area contributed by atoms with Gasteiger partial charge in [-0.15, -0.1) is 0 Å².